The summed E-state index contributed by atoms with van der Waals surface area (Å²) in [6.45, 7) is 6.89. The zero-order chi connectivity index (χ0) is 14.0. The van der Waals surface area contributed by atoms with Gasteiger partial charge in [0.1, 0.15) is 6.61 Å². The minimum Gasteiger partial charge on any atom is -0.394 e. The molecule has 8 heteroatoms. The summed E-state index contributed by atoms with van der Waals surface area (Å²) in [5.41, 5.74) is -0.317. The molecular formula is C12H25NO5Y2. The Morgan fingerprint density at radius 1 is 1.00 bits per heavy atom. The molecule has 0 fully saturated rings. The largest absolute Gasteiger partial charge is 0.394 e. The third-order valence-corrected chi connectivity index (χ3v) is 2.27. The zero-order valence-corrected chi connectivity index (χ0v) is 18.3. The van der Waals surface area contributed by atoms with Gasteiger partial charge in [-0.3, -0.25) is 4.79 Å². The number of ether oxygens (including phenoxy) is 2. The molecule has 0 unspecified atom stereocenters. The first-order chi connectivity index (χ1) is 8.43. The Morgan fingerprint density at radius 3 is 1.95 bits per heavy atom. The van der Waals surface area contributed by atoms with Crippen molar-refractivity contribution in [1.82, 2.24) is 4.90 Å². The number of hydrogen-bond acceptors (Lipinski definition) is 5. The van der Waals surface area contributed by atoms with Crippen LogP contribution in [-0.4, -0.2) is 72.7 Å². The van der Waals surface area contributed by atoms with Gasteiger partial charge in [0, 0.05) is 77.5 Å². The number of aliphatic hydroxyl groups excluding tert-OH is 2. The first kappa shape index (κ1) is 26.4. The van der Waals surface area contributed by atoms with Crippen molar-refractivity contribution in [2.45, 2.75) is 26.3 Å². The van der Waals surface area contributed by atoms with Crippen LogP contribution in [0.25, 0.3) is 0 Å². The minimum absolute atomic E-state index is 0. The number of carbonyl (C=O) groups excluding carboxylic acids is 1. The molecule has 114 valence electrons. The van der Waals surface area contributed by atoms with Crippen LogP contribution in [0.5, 0.6) is 0 Å². The van der Waals surface area contributed by atoms with Crippen molar-refractivity contribution in [3.05, 3.63) is 0 Å². The third-order valence-electron chi connectivity index (χ3n) is 2.27. The molecule has 0 saturated carbocycles. The van der Waals surface area contributed by atoms with Crippen molar-refractivity contribution >= 4 is 5.91 Å². The van der Waals surface area contributed by atoms with Gasteiger partial charge >= 0.3 is 0 Å². The summed E-state index contributed by atoms with van der Waals surface area (Å²) in [6, 6.07) is 0. The molecule has 0 spiro atoms. The summed E-state index contributed by atoms with van der Waals surface area (Å²) in [4.78, 5) is 13.6. The fourth-order valence-corrected chi connectivity index (χ4v) is 1.46. The van der Waals surface area contributed by atoms with Gasteiger partial charge in [0.05, 0.1) is 33.0 Å². The Morgan fingerprint density at radius 2 is 1.50 bits per heavy atom. The zero-order valence-electron chi connectivity index (χ0n) is 12.7. The van der Waals surface area contributed by atoms with E-state index >= 15 is 0 Å². The van der Waals surface area contributed by atoms with Gasteiger partial charge in [-0.25, -0.2) is 0 Å². The van der Waals surface area contributed by atoms with E-state index in [1.807, 2.05) is 20.8 Å². The molecule has 0 atom stereocenters. The number of nitrogens with zero attached hydrogens (tertiary/aromatic N) is 1. The van der Waals surface area contributed by atoms with Crippen LogP contribution in [0.1, 0.15) is 20.8 Å². The van der Waals surface area contributed by atoms with Gasteiger partial charge in [-0.05, 0) is 20.8 Å². The third kappa shape index (κ3) is 13.2. The van der Waals surface area contributed by atoms with Crippen LogP contribution in [0.2, 0.25) is 0 Å². The summed E-state index contributed by atoms with van der Waals surface area (Å²) in [6.07, 6.45) is 0. The van der Waals surface area contributed by atoms with Crippen molar-refractivity contribution in [3.63, 3.8) is 0 Å². The van der Waals surface area contributed by atoms with Crippen LogP contribution in [-0.2, 0) is 79.7 Å². The van der Waals surface area contributed by atoms with E-state index in [4.69, 9.17) is 19.7 Å². The van der Waals surface area contributed by atoms with E-state index in [0.29, 0.717) is 13.2 Å². The van der Waals surface area contributed by atoms with Crippen LogP contribution < -0.4 is 0 Å². The normalized spacial score (nSPS) is 10.4. The minimum atomic E-state index is -0.317. The van der Waals surface area contributed by atoms with E-state index in [9.17, 15) is 4.79 Å². The predicted octanol–water partition coefficient (Wildman–Crippen LogP) is -0.374. The maximum Gasteiger partial charge on any atom is 0.249 e. The maximum atomic E-state index is 11.9. The Bertz CT molecular complexity index is 236. The van der Waals surface area contributed by atoms with Gasteiger partial charge in [-0.15, -0.1) is 0 Å². The molecule has 0 bridgehead atoms. The Labute approximate surface area is 171 Å². The van der Waals surface area contributed by atoms with Gasteiger partial charge in [0.2, 0.25) is 5.91 Å². The second-order valence-electron chi connectivity index (χ2n) is 4.83. The maximum absolute atomic E-state index is 11.9. The molecule has 2 radical (unpaired) electrons. The molecular weight excluding hydrogens is 416 g/mol. The van der Waals surface area contributed by atoms with E-state index in [1.54, 1.807) is 4.90 Å². The van der Waals surface area contributed by atoms with E-state index in [1.165, 1.54) is 0 Å². The molecule has 1 amide bonds. The van der Waals surface area contributed by atoms with Crippen molar-refractivity contribution in [2.24, 2.45) is 0 Å². The van der Waals surface area contributed by atoms with Crippen LogP contribution in [0, 0.1) is 0 Å². The second-order valence-corrected chi connectivity index (χ2v) is 4.83. The molecule has 0 aliphatic rings. The Hall–Kier alpha value is 1.52. The fourth-order valence-electron chi connectivity index (χ4n) is 1.46. The summed E-state index contributed by atoms with van der Waals surface area (Å²) < 4.78 is 10.2. The summed E-state index contributed by atoms with van der Waals surface area (Å²) in [7, 11) is 0. The number of hydrogen-bond donors (Lipinski definition) is 2. The summed E-state index contributed by atoms with van der Waals surface area (Å²) >= 11 is 0. The first-order valence-corrected chi connectivity index (χ1v) is 6.11. The second kappa shape index (κ2) is 15.4. The van der Waals surface area contributed by atoms with E-state index < -0.39 is 0 Å². The Balaban J connectivity index is -0.00000144. The number of aliphatic hydroxyl groups is 2. The van der Waals surface area contributed by atoms with Crippen LogP contribution in [0.4, 0.5) is 0 Å². The van der Waals surface area contributed by atoms with Gasteiger partial charge in [0.15, 0.2) is 0 Å². The first-order valence-electron chi connectivity index (χ1n) is 6.11. The van der Waals surface area contributed by atoms with Gasteiger partial charge < -0.3 is 24.6 Å². The molecule has 20 heavy (non-hydrogen) atoms. The van der Waals surface area contributed by atoms with Crippen LogP contribution >= 0.6 is 0 Å². The molecule has 2 N–H and O–H groups in total. The summed E-state index contributed by atoms with van der Waals surface area (Å²) in [5, 5.41) is 17.2. The van der Waals surface area contributed by atoms with Crippen molar-refractivity contribution in [3.8, 4) is 0 Å². The van der Waals surface area contributed by atoms with Crippen molar-refractivity contribution < 1.29 is 89.9 Å². The summed E-state index contributed by atoms with van der Waals surface area (Å²) in [5.74, 6) is -0.136. The molecule has 0 aliphatic heterocycles. The van der Waals surface area contributed by atoms with E-state index in [2.05, 4.69) is 0 Å². The predicted molar refractivity (Wildman–Crippen MR) is 67.3 cm³/mol. The molecule has 0 aromatic carbocycles. The average Bonchev–Trinajstić information content (AvgIpc) is 2.27. The molecule has 0 aliphatic carbocycles. The average molecular weight is 441 g/mol. The SMILES string of the molecule is CC(C)(C)N(CCOCCO)C(=O)COCCO.[Y].[Y]. The monoisotopic (exact) mass is 441 g/mol. The number of carbonyl (C=O) groups is 1. The molecule has 0 rings (SSSR count). The topological polar surface area (TPSA) is 79.2 Å². The number of rotatable bonds is 9. The van der Waals surface area contributed by atoms with Crippen LogP contribution in [0.3, 0.4) is 0 Å². The van der Waals surface area contributed by atoms with E-state index in [0.717, 1.165) is 0 Å². The van der Waals surface area contributed by atoms with Crippen molar-refractivity contribution in [1.29, 1.82) is 0 Å². The molecule has 0 saturated heterocycles. The van der Waals surface area contributed by atoms with Gasteiger partial charge in [0.25, 0.3) is 0 Å². The van der Waals surface area contributed by atoms with Crippen molar-refractivity contribution in [2.75, 3.05) is 46.2 Å². The number of amides is 1. The van der Waals surface area contributed by atoms with E-state index in [-0.39, 0.29) is 110 Å². The fraction of sp³-hybridized carbons (Fsp3) is 0.917. The molecule has 6 nitrogen and oxygen atoms in total. The Kier molecular flexibility index (Phi) is 20.4. The molecule has 0 aromatic rings. The molecule has 0 heterocycles. The quantitative estimate of drug-likeness (QED) is 0.478. The van der Waals surface area contributed by atoms with Crippen LogP contribution in [0.15, 0.2) is 0 Å². The van der Waals surface area contributed by atoms with Gasteiger partial charge in [-0.2, -0.15) is 0 Å². The standard InChI is InChI=1S/C12H25NO5.2Y/c1-12(2,3)13(4-7-17-8-5-14)11(16)10-18-9-6-15;;/h14-15H,4-10H2,1-3H3;;. The smallest absolute Gasteiger partial charge is 0.249 e. The molecule has 0 aromatic heterocycles. The van der Waals surface area contributed by atoms with Gasteiger partial charge in [-0.1, -0.05) is 0 Å².